The molecule has 0 radical (unpaired) electrons. The molecule has 0 bridgehead atoms. The lowest BCUT2D eigenvalue weighted by atomic mass is 9.99. The Balaban J connectivity index is 1.47. The number of ether oxygens (including phenoxy) is 1. The van der Waals surface area contributed by atoms with E-state index in [1.165, 1.54) is 0 Å². The number of rotatable bonds is 5. The zero-order valence-electron chi connectivity index (χ0n) is 17.5. The van der Waals surface area contributed by atoms with Crippen LogP contribution in [0.5, 0.6) is 5.75 Å². The number of nitrogens with zero attached hydrogens (tertiary/aromatic N) is 3. The molecule has 32 heavy (non-hydrogen) atoms. The highest BCUT2D eigenvalue weighted by Crippen LogP contribution is 2.32. The summed E-state index contributed by atoms with van der Waals surface area (Å²) in [6, 6.07) is 28.2. The average molecular weight is 438 g/mol. The van der Waals surface area contributed by atoms with Crippen LogP contribution in [0.1, 0.15) is 27.8 Å². The number of hydrogen-bond donors (Lipinski definition) is 0. The molecule has 0 amide bonds. The van der Waals surface area contributed by atoms with E-state index >= 15 is 0 Å². The predicted molar refractivity (Wildman–Crippen MR) is 127 cm³/mol. The molecule has 0 aliphatic carbocycles. The van der Waals surface area contributed by atoms with Gasteiger partial charge in [0.05, 0.1) is 16.6 Å². The minimum absolute atomic E-state index is 0.529. The molecule has 2 aromatic heterocycles. The van der Waals surface area contributed by atoms with E-state index in [2.05, 4.69) is 11.1 Å². The summed E-state index contributed by atoms with van der Waals surface area (Å²) in [6.45, 7) is 2.47. The molecule has 0 saturated heterocycles. The second kappa shape index (κ2) is 8.37. The van der Waals surface area contributed by atoms with Crippen LogP contribution in [0, 0.1) is 18.3 Å². The third kappa shape index (κ3) is 3.57. The number of pyridine rings is 1. The van der Waals surface area contributed by atoms with Crippen LogP contribution < -0.4 is 4.74 Å². The third-order valence-electron chi connectivity index (χ3n) is 5.72. The second-order valence-corrected chi connectivity index (χ2v) is 8.09. The summed E-state index contributed by atoms with van der Waals surface area (Å²) >= 11 is 6.88. The van der Waals surface area contributed by atoms with Gasteiger partial charge < -0.3 is 4.74 Å². The number of benzene rings is 3. The van der Waals surface area contributed by atoms with Crippen LogP contribution in [0.3, 0.4) is 0 Å². The predicted octanol–water partition coefficient (Wildman–Crippen LogP) is 6.49. The summed E-state index contributed by atoms with van der Waals surface area (Å²) in [4.78, 5) is 4.65. The van der Waals surface area contributed by atoms with Gasteiger partial charge in [0.1, 0.15) is 23.6 Å². The van der Waals surface area contributed by atoms with Gasteiger partial charge in [-0.05, 0) is 53.4 Å². The largest absolute Gasteiger partial charge is 0.489 e. The topological polar surface area (TPSA) is 50.3 Å². The maximum Gasteiger partial charge on any atom is 0.157 e. The molecule has 5 rings (SSSR count). The van der Waals surface area contributed by atoms with E-state index in [1.54, 1.807) is 0 Å². The van der Waals surface area contributed by atoms with E-state index in [0.29, 0.717) is 29.4 Å². The molecule has 0 aliphatic heterocycles. The number of nitriles is 1. The Hall–Kier alpha value is -3.81. The average Bonchev–Trinajstić information content (AvgIpc) is 3.21. The normalized spacial score (nSPS) is 11.0. The standard InChI is InChI=1S/C27H20ClN3O/c1-18-22(15-19-11-13-21(14-12-19)32-17-20-7-3-2-4-8-20)26(28)31-25-10-6-5-9-24(25)30-27(31)23(18)16-29/h2-14H,15,17H2,1H3. The first-order chi connectivity index (χ1) is 15.7. The smallest absolute Gasteiger partial charge is 0.157 e. The Morgan fingerprint density at radius 1 is 0.938 bits per heavy atom. The van der Waals surface area contributed by atoms with Gasteiger partial charge in [0.15, 0.2) is 5.65 Å². The Morgan fingerprint density at radius 2 is 1.66 bits per heavy atom. The molecular weight excluding hydrogens is 418 g/mol. The van der Waals surface area contributed by atoms with Crippen molar-refractivity contribution in [2.45, 2.75) is 20.0 Å². The maximum absolute atomic E-state index is 9.85. The van der Waals surface area contributed by atoms with Crippen LogP contribution in [-0.4, -0.2) is 9.38 Å². The van der Waals surface area contributed by atoms with Crippen molar-refractivity contribution >= 4 is 28.3 Å². The fourth-order valence-electron chi connectivity index (χ4n) is 3.99. The third-order valence-corrected chi connectivity index (χ3v) is 6.12. The molecule has 0 spiro atoms. The Labute approximate surface area is 191 Å². The van der Waals surface area contributed by atoms with Gasteiger partial charge >= 0.3 is 0 Å². The summed E-state index contributed by atoms with van der Waals surface area (Å²) in [6.07, 6.45) is 0.612. The van der Waals surface area contributed by atoms with Crippen LogP contribution >= 0.6 is 11.6 Å². The van der Waals surface area contributed by atoms with Crippen molar-refractivity contribution in [2.75, 3.05) is 0 Å². The number of imidazole rings is 1. The lowest BCUT2D eigenvalue weighted by molar-refractivity contribution is 0.306. The lowest BCUT2D eigenvalue weighted by Crippen LogP contribution is -2.03. The van der Waals surface area contributed by atoms with Gasteiger partial charge in [0.25, 0.3) is 0 Å². The van der Waals surface area contributed by atoms with E-state index in [1.807, 2.05) is 90.2 Å². The number of aromatic nitrogens is 2. The van der Waals surface area contributed by atoms with Crippen molar-refractivity contribution in [1.29, 1.82) is 5.26 Å². The molecule has 0 fully saturated rings. The molecule has 4 nitrogen and oxygen atoms in total. The van der Waals surface area contributed by atoms with Crippen molar-refractivity contribution in [3.63, 3.8) is 0 Å². The van der Waals surface area contributed by atoms with Gasteiger partial charge in [-0.2, -0.15) is 5.26 Å². The van der Waals surface area contributed by atoms with Crippen molar-refractivity contribution in [3.8, 4) is 11.8 Å². The van der Waals surface area contributed by atoms with Gasteiger partial charge in [0, 0.05) is 6.42 Å². The fourth-order valence-corrected chi connectivity index (χ4v) is 4.37. The Kier molecular flexibility index (Phi) is 5.26. The summed E-state index contributed by atoms with van der Waals surface area (Å²) < 4.78 is 7.78. The minimum Gasteiger partial charge on any atom is -0.489 e. The lowest BCUT2D eigenvalue weighted by Gasteiger charge is -2.14. The fraction of sp³-hybridized carbons (Fsp3) is 0.111. The summed E-state index contributed by atoms with van der Waals surface area (Å²) in [5.41, 5.74) is 6.89. The van der Waals surface area contributed by atoms with E-state index in [-0.39, 0.29) is 0 Å². The first-order valence-corrected chi connectivity index (χ1v) is 10.8. The SMILES string of the molecule is Cc1c(Cc2ccc(OCc3ccccc3)cc2)c(Cl)n2c(nc3ccccc32)c1C#N. The summed E-state index contributed by atoms with van der Waals surface area (Å²) in [5, 5.41) is 10.4. The summed E-state index contributed by atoms with van der Waals surface area (Å²) in [5.74, 6) is 0.814. The van der Waals surface area contributed by atoms with Crippen LogP contribution in [0.25, 0.3) is 16.7 Å². The van der Waals surface area contributed by atoms with Gasteiger partial charge in [-0.1, -0.05) is 66.2 Å². The molecule has 3 aromatic carbocycles. The minimum atomic E-state index is 0.529. The van der Waals surface area contributed by atoms with Crippen LogP contribution in [0.15, 0.2) is 78.9 Å². The van der Waals surface area contributed by atoms with E-state index in [4.69, 9.17) is 16.3 Å². The first kappa shape index (κ1) is 20.1. The highest BCUT2D eigenvalue weighted by Gasteiger charge is 2.19. The molecular formula is C27H20ClN3O. The van der Waals surface area contributed by atoms with E-state index < -0.39 is 0 Å². The highest BCUT2D eigenvalue weighted by molar-refractivity contribution is 6.31. The molecule has 0 N–H and O–H groups in total. The molecule has 156 valence electrons. The van der Waals surface area contributed by atoms with Gasteiger partial charge in [-0.15, -0.1) is 0 Å². The van der Waals surface area contributed by atoms with Crippen molar-refractivity contribution < 1.29 is 4.74 Å². The van der Waals surface area contributed by atoms with Gasteiger partial charge in [0.2, 0.25) is 0 Å². The monoisotopic (exact) mass is 437 g/mol. The molecule has 0 saturated carbocycles. The Morgan fingerprint density at radius 3 is 2.41 bits per heavy atom. The van der Waals surface area contributed by atoms with Gasteiger partial charge in [-0.3, -0.25) is 4.40 Å². The molecule has 5 heteroatoms. The van der Waals surface area contributed by atoms with Crippen molar-refractivity contribution in [2.24, 2.45) is 0 Å². The van der Waals surface area contributed by atoms with E-state index in [0.717, 1.165) is 39.0 Å². The van der Waals surface area contributed by atoms with Crippen LogP contribution in [-0.2, 0) is 13.0 Å². The molecule has 5 aromatic rings. The second-order valence-electron chi connectivity index (χ2n) is 7.74. The number of hydrogen-bond acceptors (Lipinski definition) is 3. The Bertz CT molecular complexity index is 1470. The maximum atomic E-state index is 9.85. The van der Waals surface area contributed by atoms with Crippen molar-refractivity contribution in [1.82, 2.24) is 9.38 Å². The zero-order chi connectivity index (χ0) is 22.1. The quantitative estimate of drug-likeness (QED) is 0.295. The molecule has 2 heterocycles. The summed E-state index contributed by atoms with van der Waals surface area (Å²) in [7, 11) is 0. The number of fused-ring (bicyclic) bond motifs is 3. The van der Waals surface area contributed by atoms with Gasteiger partial charge in [-0.25, -0.2) is 4.98 Å². The number of para-hydroxylation sites is 2. The highest BCUT2D eigenvalue weighted by atomic mass is 35.5. The number of halogens is 1. The van der Waals surface area contributed by atoms with Crippen LogP contribution in [0.2, 0.25) is 5.15 Å². The van der Waals surface area contributed by atoms with E-state index in [9.17, 15) is 5.26 Å². The molecule has 0 atom stereocenters. The zero-order valence-corrected chi connectivity index (χ0v) is 18.3. The molecule has 0 unspecified atom stereocenters. The molecule has 0 aliphatic rings. The van der Waals surface area contributed by atoms with Crippen molar-refractivity contribution in [3.05, 3.63) is 112 Å². The van der Waals surface area contributed by atoms with Crippen LogP contribution in [0.4, 0.5) is 0 Å². The first-order valence-electron chi connectivity index (χ1n) is 10.4.